The summed E-state index contributed by atoms with van der Waals surface area (Å²) in [4.78, 5) is 4.33. The Kier molecular flexibility index (Phi) is 3.50. The summed E-state index contributed by atoms with van der Waals surface area (Å²) in [5.74, 6) is 1.41. The molecule has 0 aliphatic carbocycles. The minimum absolute atomic E-state index is 0.00452. The van der Waals surface area contributed by atoms with Crippen LogP contribution in [-0.4, -0.2) is 22.4 Å². The van der Waals surface area contributed by atoms with E-state index in [9.17, 15) is 5.11 Å². The van der Waals surface area contributed by atoms with Crippen molar-refractivity contribution in [2.24, 2.45) is 0 Å². The first kappa shape index (κ1) is 13.5. The van der Waals surface area contributed by atoms with Crippen molar-refractivity contribution in [2.45, 2.75) is 0 Å². The molecule has 6 heteroatoms. The van der Waals surface area contributed by atoms with Gasteiger partial charge in [-0.3, -0.25) is 0 Å². The van der Waals surface area contributed by atoms with Crippen LogP contribution in [0.2, 0.25) is 5.02 Å². The van der Waals surface area contributed by atoms with Crippen molar-refractivity contribution < 1.29 is 14.4 Å². The van der Waals surface area contributed by atoms with E-state index < -0.39 is 0 Å². The van der Waals surface area contributed by atoms with Gasteiger partial charge in [0.1, 0.15) is 11.5 Å². The topological polar surface area (TPSA) is 68.4 Å². The molecule has 0 amide bonds. The zero-order valence-electron chi connectivity index (χ0n) is 11.1. The molecule has 3 rings (SSSR count). The fourth-order valence-corrected chi connectivity index (χ4v) is 2.10. The zero-order chi connectivity index (χ0) is 14.8. The Labute approximate surface area is 125 Å². The fourth-order valence-electron chi connectivity index (χ4n) is 1.92. The normalized spacial score (nSPS) is 10.6. The minimum atomic E-state index is 0.00452. The molecule has 0 spiro atoms. The van der Waals surface area contributed by atoms with Crippen LogP contribution in [0.15, 0.2) is 47.0 Å². The van der Waals surface area contributed by atoms with Gasteiger partial charge in [-0.15, -0.1) is 0 Å². The smallest absolute Gasteiger partial charge is 0.258 e. The van der Waals surface area contributed by atoms with E-state index >= 15 is 0 Å². The van der Waals surface area contributed by atoms with E-state index in [0.717, 1.165) is 5.56 Å². The van der Waals surface area contributed by atoms with Crippen LogP contribution in [0.25, 0.3) is 22.8 Å². The molecule has 5 nitrogen and oxygen atoms in total. The van der Waals surface area contributed by atoms with Crippen LogP contribution in [0.1, 0.15) is 0 Å². The van der Waals surface area contributed by atoms with Crippen molar-refractivity contribution >= 4 is 11.6 Å². The van der Waals surface area contributed by atoms with Gasteiger partial charge in [0.2, 0.25) is 5.82 Å². The lowest BCUT2D eigenvalue weighted by molar-refractivity contribution is 0.413. The van der Waals surface area contributed by atoms with Gasteiger partial charge in [-0.1, -0.05) is 28.9 Å². The number of aromatic nitrogens is 2. The molecular formula is C15H11ClN2O3. The second-order valence-corrected chi connectivity index (χ2v) is 4.70. The predicted octanol–water partition coefficient (Wildman–Crippen LogP) is 3.77. The standard InChI is InChI=1S/C15H11ClN2O3/c1-20-13-5-3-2-4-10(13)14-17-15(21-18-14)9-6-7-12(19)11(16)8-9/h2-8,19H,1H3. The van der Waals surface area contributed by atoms with Gasteiger partial charge in [0.15, 0.2) is 0 Å². The highest BCUT2D eigenvalue weighted by Crippen LogP contribution is 2.31. The molecule has 0 radical (unpaired) electrons. The lowest BCUT2D eigenvalue weighted by Crippen LogP contribution is -1.88. The minimum Gasteiger partial charge on any atom is -0.506 e. The zero-order valence-corrected chi connectivity index (χ0v) is 11.8. The van der Waals surface area contributed by atoms with Crippen LogP contribution in [0.4, 0.5) is 0 Å². The number of para-hydroxylation sites is 1. The van der Waals surface area contributed by atoms with Crippen molar-refractivity contribution in [3.05, 3.63) is 47.5 Å². The second kappa shape index (κ2) is 5.46. The van der Waals surface area contributed by atoms with E-state index in [2.05, 4.69) is 10.1 Å². The largest absolute Gasteiger partial charge is 0.506 e. The number of benzene rings is 2. The van der Waals surface area contributed by atoms with Gasteiger partial charge in [-0.05, 0) is 30.3 Å². The summed E-state index contributed by atoms with van der Waals surface area (Å²) in [6.07, 6.45) is 0. The third kappa shape index (κ3) is 2.55. The highest BCUT2D eigenvalue weighted by atomic mass is 35.5. The summed E-state index contributed by atoms with van der Waals surface area (Å²) < 4.78 is 10.5. The van der Waals surface area contributed by atoms with Crippen molar-refractivity contribution in [3.8, 4) is 34.3 Å². The van der Waals surface area contributed by atoms with E-state index in [1.165, 1.54) is 6.07 Å². The number of phenolic OH excluding ortho intramolecular Hbond substituents is 1. The maximum absolute atomic E-state index is 9.43. The highest BCUT2D eigenvalue weighted by Gasteiger charge is 2.14. The lowest BCUT2D eigenvalue weighted by Gasteiger charge is -2.03. The maximum atomic E-state index is 9.43. The Bertz CT molecular complexity index is 786. The number of aromatic hydroxyl groups is 1. The number of phenols is 1. The Morgan fingerprint density at radius 3 is 2.76 bits per heavy atom. The molecule has 0 aliphatic rings. The number of methoxy groups -OCH3 is 1. The van der Waals surface area contributed by atoms with Crippen molar-refractivity contribution in [3.63, 3.8) is 0 Å². The number of hydrogen-bond donors (Lipinski definition) is 1. The van der Waals surface area contributed by atoms with Crippen molar-refractivity contribution in [1.29, 1.82) is 0 Å². The average Bonchev–Trinajstić information content (AvgIpc) is 2.99. The molecule has 0 saturated carbocycles. The van der Waals surface area contributed by atoms with Gasteiger partial charge >= 0.3 is 0 Å². The first-order valence-electron chi connectivity index (χ1n) is 6.15. The Morgan fingerprint density at radius 2 is 2.00 bits per heavy atom. The molecular weight excluding hydrogens is 292 g/mol. The second-order valence-electron chi connectivity index (χ2n) is 4.29. The van der Waals surface area contributed by atoms with Gasteiger partial charge in [-0.2, -0.15) is 4.98 Å². The van der Waals surface area contributed by atoms with Crippen LogP contribution < -0.4 is 4.74 Å². The summed E-state index contributed by atoms with van der Waals surface area (Å²) in [6, 6.07) is 12.1. The molecule has 21 heavy (non-hydrogen) atoms. The molecule has 1 aromatic heterocycles. The summed E-state index contributed by atoms with van der Waals surface area (Å²) in [5.41, 5.74) is 1.37. The monoisotopic (exact) mass is 302 g/mol. The van der Waals surface area contributed by atoms with Crippen LogP contribution in [-0.2, 0) is 0 Å². The third-order valence-corrected chi connectivity index (χ3v) is 3.27. The first-order valence-corrected chi connectivity index (χ1v) is 6.53. The summed E-state index contributed by atoms with van der Waals surface area (Å²) in [7, 11) is 1.58. The predicted molar refractivity (Wildman–Crippen MR) is 78.4 cm³/mol. The van der Waals surface area contributed by atoms with Crippen molar-refractivity contribution in [1.82, 2.24) is 10.1 Å². The highest BCUT2D eigenvalue weighted by molar-refractivity contribution is 6.32. The SMILES string of the molecule is COc1ccccc1-c1noc(-c2ccc(O)c(Cl)c2)n1. The van der Waals surface area contributed by atoms with Gasteiger partial charge in [0.25, 0.3) is 5.89 Å². The Hall–Kier alpha value is -2.53. The first-order chi connectivity index (χ1) is 10.2. The fraction of sp³-hybridized carbons (Fsp3) is 0.0667. The summed E-state index contributed by atoms with van der Waals surface area (Å²) >= 11 is 5.88. The van der Waals surface area contributed by atoms with E-state index in [4.69, 9.17) is 20.9 Å². The van der Waals surface area contributed by atoms with Crippen LogP contribution in [0, 0.1) is 0 Å². The Balaban J connectivity index is 2.01. The quantitative estimate of drug-likeness (QED) is 0.797. The molecule has 3 aromatic rings. The molecule has 0 aliphatic heterocycles. The van der Waals surface area contributed by atoms with Crippen LogP contribution >= 0.6 is 11.6 Å². The molecule has 0 unspecified atom stereocenters. The molecule has 1 N–H and O–H groups in total. The third-order valence-electron chi connectivity index (χ3n) is 2.97. The number of halogens is 1. The molecule has 0 saturated heterocycles. The maximum Gasteiger partial charge on any atom is 0.258 e. The number of ether oxygens (including phenoxy) is 1. The molecule has 2 aromatic carbocycles. The van der Waals surface area contributed by atoms with Gasteiger partial charge in [0.05, 0.1) is 17.7 Å². The number of nitrogens with zero attached hydrogens (tertiary/aromatic N) is 2. The van der Waals surface area contributed by atoms with E-state index in [-0.39, 0.29) is 10.8 Å². The lowest BCUT2D eigenvalue weighted by atomic mass is 10.2. The van der Waals surface area contributed by atoms with Crippen LogP contribution in [0.5, 0.6) is 11.5 Å². The van der Waals surface area contributed by atoms with Gasteiger partial charge in [0, 0.05) is 5.56 Å². The van der Waals surface area contributed by atoms with E-state index in [0.29, 0.717) is 23.0 Å². The summed E-state index contributed by atoms with van der Waals surface area (Å²) in [5, 5.41) is 13.6. The van der Waals surface area contributed by atoms with E-state index in [1.54, 1.807) is 19.2 Å². The molecule has 0 bridgehead atoms. The van der Waals surface area contributed by atoms with Gasteiger partial charge in [-0.25, -0.2) is 0 Å². The number of hydrogen-bond acceptors (Lipinski definition) is 5. The van der Waals surface area contributed by atoms with Crippen LogP contribution in [0.3, 0.4) is 0 Å². The number of rotatable bonds is 3. The van der Waals surface area contributed by atoms with Gasteiger partial charge < -0.3 is 14.4 Å². The molecule has 1 heterocycles. The van der Waals surface area contributed by atoms with Crippen molar-refractivity contribution in [2.75, 3.05) is 7.11 Å². The molecule has 0 atom stereocenters. The molecule has 106 valence electrons. The average molecular weight is 303 g/mol. The Morgan fingerprint density at radius 1 is 1.19 bits per heavy atom. The molecule has 0 fully saturated rings. The van der Waals surface area contributed by atoms with E-state index in [1.807, 2.05) is 24.3 Å². The summed E-state index contributed by atoms with van der Waals surface area (Å²) in [6.45, 7) is 0.